The molecule has 24 heavy (non-hydrogen) atoms. The minimum atomic E-state index is 0.235. The number of hydrogen-bond donors (Lipinski definition) is 0. The van der Waals surface area contributed by atoms with E-state index in [-0.39, 0.29) is 6.10 Å². The Hall–Kier alpha value is -2.23. The lowest BCUT2D eigenvalue weighted by Gasteiger charge is -2.39. The fourth-order valence-electron chi connectivity index (χ4n) is 4.20. The summed E-state index contributed by atoms with van der Waals surface area (Å²) in [5.74, 6) is 1.24. The van der Waals surface area contributed by atoms with Crippen LogP contribution in [0, 0.1) is 0 Å². The number of aryl methyl sites for hydroxylation is 1. The van der Waals surface area contributed by atoms with E-state index in [1.807, 2.05) is 54.9 Å². The number of rotatable bonds is 5. The molecule has 2 aromatic rings. The van der Waals surface area contributed by atoms with Gasteiger partial charge in [0.15, 0.2) is 0 Å². The minimum absolute atomic E-state index is 0.235. The molecule has 0 N–H and O–H groups in total. The van der Waals surface area contributed by atoms with Crippen molar-refractivity contribution in [3.63, 3.8) is 0 Å². The first kappa shape index (κ1) is 15.3. The molecular formula is C20H24N2O2. The van der Waals surface area contributed by atoms with E-state index in [1.54, 1.807) is 0 Å². The Kier molecular flexibility index (Phi) is 4.28. The Balaban J connectivity index is 1.35. The van der Waals surface area contributed by atoms with E-state index < -0.39 is 0 Å². The molecule has 0 saturated carbocycles. The predicted octanol–water partition coefficient (Wildman–Crippen LogP) is 3.48. The predicted molar refractivity (Wildman–Crippen MR) is 92.8 cm³/mol. The van der Waals surface area contributed by atoms with Gasteiger partial charge in [-0.2, -0.15) is 0 Å². The maximum atomic E-state index is 12.7. The van der Waals surface area contributed by atoms with Crippen molar-refractivity contribution in [1.82, 2.24) is 9.47 Å². The van der Waals surface area contributed by atoms with Gasteiger partial charge in [0.25, 0.3) is 0 Å². The Bertz CT molecular complexity index is 654. The molecular weight excluding hydrogens is 300 g/mol. The van der Waals surface area contributed by atoms with Crippen LogP contribution >= 0.6 is 0 Å². The van der Waals surface area contributed by atoms with Gasteiger partial charge in [-0.1, -0.05) is 18.2 Å². The van der Waals surface area contributed by atoms with Gasteiger partial charge >= 0.3 is 0 Å². The first-order valence-corrected chi connectivity index (χ1v) is 8.93. The molecule has 0 spiro atoms. The van der Waals surface area contributed by atoms with Crippen LogP contribution in [0.4, 0.5) is 0 Å². The van der Waals surface area contributed by atoms with E-state index >= 15 is 0 Å². The van der Waals surface area contributed by atoms with Crippen LogP contribution in [0.2, 0.25) is 0 Å². The molecule has 4 heteroatoms. The normalized spacial score (nSPS) is 25.7. The number of fused-ring (bicyclic) bond motifs is 2. The average molecular weight is 324 g/mol. The van der Waals surface area contributed by atoms with Gasteiger partial charge in [-0.05, 0) is 37.1 Å². The lowest BCUT2D eigenvalue weighted by Crippen LogP contribution is -2.49. The highest BCUT2D eigenvalue weighted by Gasteiger charge is 2.43. The monoisotopic (exact) mass is 324 g/mol. The molecule has 1 aromatic carbocycles. The topological polar surface area (TPSA) is 34.5 Å². The van der Waals surface area contributed by atoms with E-state index in [0.29, 0.717) is 24.4 Å². The first-order valence-electron chi connectivity index (χ1n) is 8.93. The summed E-state index contributed by atoms with van der Waals surface area (Å²) >= 11 is 0. The van der Waals surface area contributed by atoms with Crippen molar-refractivity contribution in [1.29, 1.82) is 0 Å². The molecule has 0 aliphatic carbocycles. The molecule has 2 aliphatic rings. The fraction of sp³-hybridized carbons (Fsp3) is 0.450. The summed E-state index contributed by atoms with van der Waals surface area (Å²) in [6, 6.07) is 14.7. The molecule has 126 valence electrons. The van der Waals surface area contributed by atoms with E-state index in [4.69, 9.17) is 4.74 Å². The highest BCUT2D eigenvalue weighted by Crippen LogP contribution is 2.37. The van der Waals surface area contributed by atoms with E-state index in [1.165, 1.54) is 0 Å². The van der Waals surface area contributed by atoms with Crippen molar-refractivity contribution < 1.29 is 9.53 Å². The maximum absolute atomic E-state index is 12.7. The van der Waals surface area contributed by atoms with Crippen LogP contribution in [0.15, 0.2) is 54.9 Å². The number of nitrogens with zero attached hydrogens (tertiary/aromatic N) is 2. The Morgan fingerprint density at radius 1 is 1.00 bits per heavy atom. The summed E-state index contributed by atoms with van der Waals surface area (Å²) in [5, 5.41) is 0. The SMILES string of the molecule is O=C(CCn1cccc1)N1C2CCC1CC(Oc1ccccc1)C2. The van der Waals surface area contributed by atoms with Crippen LogP contribution in [0.1, 0.15) is 32.1 Å². The lowest BCUT2D eigenvalue weighted by atomic mass is 9.99. The van der Waals surface area contributed by atoms with Crippen molar-refractivity contribution in [2.45, 2.75) is 56.8 Å². The van der Waals surface area contributed by atoms with Crippen LogP contribution in [-0.4, -0.2) is 33.6 Å². The molecule has 4 rings (SSSR count). The number of ether oxygens (including phenoxy) is 1. The third kappa shape index (κ3) is 3.18. The van der Waals surface area contributed by atoms with Crippen LogP contribution in [0.3, 0.4) is 0 Å². The minimum Gasteiger partial charge on any atom is -0.490 e. The molecule has 2 aliphatic heterocycles. The molecule has 3 heterocycles. The lowest BCUT2D eigenvalue weighted by molar-refractivity contribution is -0.137. The van der Waals surface area contributed by atoms with Gasteiger partial charge in [-0.3, -0.25) is 4.79 Å². The fourth-order valence-corrected chi connectivity index (χ4v) is 4.20. The van der Waals surface area contributed by atoms with Gasteiger partial charge in [0.05, 0.1) is 0 Å². The molecule has 2 saturated heterocycles. The van der Waals surface area contributed by atoms with Gasteiger partial charge in [0, 0.05) is 50.3 Å². The third-order valence-corrected chi connectivity index (χ3v) is 5.27. The summed E-state index contributed by atoms with van der Waals surface area (Å²) in [7, 11) is 0. The number of para-hydroxylation sites is 1. The highest BCUT2D eigenvalue weighted by atomic mass is 16.5. The summed E-state index contributed by atoms with van der Waals surface area (Å²) in [6.07, 6.45) is 9.01. The second-order valence-corrected chi connectivity index (χ2v) is 6.88. The summed E-state index contributed by atoms with van der Waals surface area (Å²) in [5.41, 5.74) is 0. The molecule has 2 bridgehead atoms. The first-order chi connectivity index (χ1) is 11.8. The van der Waals surface area contributed by atoms with Crippen molar-refractivity contribution in [3.05, 3.63) is 54.9 Å². The number of benzene rings is 1. The molecule has 1 amide bonds. The Labute approximate surface area is 143 Å². The third-order valence-electron chi connectivity index (χ3n) is 5.27. The number of piperidine rings is 1. The van der Waals surface area contributed by atoms with Gasteiger partial charge < -0.3 is 14.2 Å². The molecule has 2 atom stereocenters. The molecule has 1 aromatic heterocycles. The van der Waals surface area contributed by atoms with Crippen LogP contribution in [0.25, 0.3) is 0 Å². The zero-order valence-corrected chi connectivity index (χ0v) is 13.9. The molecule has 4 nitrogen and oxygen atoms in total. The standard InChI is InChI=1S/C20H24N2O2/c23-20(10-13-21-11-4-5-12-21)22-16-8-9-17(22)15-19(14-16)24-18-6-2-1-3-7-18/h1-7,11-12,16-17,19H,8-10,13-15H2. The van der Waals surface area contributed by atoms with Crippen molar-refractivity contribution in [2.24, 2.45) is 0 Å². The van der Waals surface area contributed by atoms with Gasteiger partial charge in [0.1, 0.15) is 11.9 Å². The number of aromatic nitrogens is 1. The quantitative estimate of drug-likeness (QED) is 0.844. The highest BCUT2D eigenvalue weighted by molar-refractivity contribution is 5.77. The molecule has 0 radical (unpaired) electrons. The van der Waals surface area contributed by atoms with Crippen LogP contribution in [0.5, 0.6) is 5.75 Å². The van der Waals surface area contributed by atoms with E-state index in [0.717, 1.165) is 38.0 Å². The Morgan fingerprint density at radius 3 is 2.33 bits per heavy atom. The molecule has 2 unspecified atom stereocenters. The van der Waals surface area contributed by atoms with E-state index in [9.17, 15) is 4.79 Å². The van der Waals surface area contributed by atoms with Gasteiger partial charge in [-0.25, -0.2) is 0 Å². The van der Waals surface area contributed by atoms with Crippen molar-refractivity contribution >= 4 is 5.91 Å². The number of hydrogen-bond acceptors (Lipinski definition) is 2. The average Bonchev–Trinajstić information content (AvgIpc) is 3.20. The number of carbonyl (C=O) groups excluding carboxylic acids is 1. The largest absolute Gasteiger partial charge is 0.490 e. The molecule has 2 fully saturated rings. The number of amides is 1. The summed E-state index contributed by atoms with van der Waals surface area (Å²) < 4.78 is 8.22. The summed E-state index contributed by atoms with van der Waals surface area (Å²) in [4.78, 5) is 14.9. The van der Waals surface area contributed by atoms with E-state index in [2.05, 4.69) is 9.47 Å². The van der Waals surface area contributed by atoms with Crippen molar-refractivity contribution in [2.75, 3.05) is 0 Å². The van der Waals surface area contributed by atoms with Crippen LogP contribution in [-0.2, 0) is 11.3 Å². The van der Waals surface area contributed by atoms with Gasteiger partial charge in [0.2, 0.25) is 5.91 Å². The second-order valence-electron chi connectivity index (χ2n) is 6.88. The smallest absolute Gasteiger partial charge is 0.224 e. The van der Waals surface area contributed by atoms with Crippen molar-refractivity contribution in [3.8, 4) is 5.75 Å². The zero-order valence-electron chi connectivity index (χ0n) is 13.9. The number of carbonyl (C=O) groups is 1. The Morgan fingerprint density at radius 2 is 1.67 bits per heavy atom. The van der Waals surface area contributed by atoms with Crippen LogP contribution < -0.4 is 4.74 Å². The van der Waals surface area contributed by atoms with Gasteiger partial charge in [-0.15, -0.1) is 0 Å². The second kappa shape index (κ2) is 6.71. The zero-order chi connectivity index (χ0) is 16.4. The maximum Gasteiger partial charge on any atom is 0.224 e. The summed E-state index contributed by atoms with van der Waals surface area (Å²) in [6.45, 7) is 0.770.